The van der Waals surface area contributed by atoms with E-state index in [2.05, 4.69) is 17.5 Å². The molecule has 1 heterocycles. The van der Waals surface area contributed by atoms with E-state index < -0.39 is 11.8 Å². The number of benzene rings is 2. The topological polar surface area (TPSA) is 76.7 Å². The van der Waals surface area contributed by atoms with Gasteiger partial charge in [-0.2, -0.15) is 10.5 Å². The fraction of sp³-hybridized carbons (Fsp3) is 0.190. The van der Waals surface area contributed by atoms with Crippen molar-refractivity contribution in [1.29, 1.82) is 10.5 Å². The number of carbonyl (C=O) groups is 1. The number of nitrogens with one attached hydrogen (secondary N) is 1. The number of aryl methyl sites for hydroxylation is 1. The van der Waals surface area contributed by atoms with Crippen LogP contribution in [0.3, 0.4) is 0 Å². The maximum absolute atomic E-state index is 12.5. The van der Waals surface area contributed by atoms with E-state index >= 15 is 0 Å². The lowest BCUT2D eigenvalue weighted by atomic mass is 9.78. The molecular weight excluding hydrogens is 342 g/mol. The Morgan fingerprint density at radius 2 is 1.77 bits per heavy atom. The summed E-state index contributed by atoms with van der Waals surface area (Å²) in [7, 11) is 0. The Kier molecular flexibility index (Phi) is 5.41. The molecule has 0 bridgehead atoms. The van der Waals surface area contributed by atoms with Crippen molar-refractivity contribution in [1.82, 2.24) is 5.32 Å². The van der Waals surface area contributed by atoms with Gasteiger partial charge in [-0.25, -0.2) is 0 Å². The zero-order chi connectivity index (χ0) is 18.5. The molecule has 1 aliphatic heterocycles. The van der Waals surface area contributed by atoms with Crippen LogP contribution >= 0.6 is 11.8 Å². The number of nitriles is 2. The Labute approximate surface area is 157 Å². The summed E-state index contributed by atoms with van der Waals surface area (Å²) in [5.41, 5.74) is 3.37. The summed E-state index contributed by atoms with van der Waals surface area (Å²) >= 11 is 1.42. The van der Waals surface area contributed by atoms with Crippen LogP contribution in [-0.2, 0) is 10.5 Å². The molecule has 0 saturated heterocycles. The van der Waals surface area contributed by atoms with Gasteiger partial charge in [0.15, 0.2) is 0 Å². The largest absolute Gasteiger partial charge is 0.319 e. The fourth-order valence-corrected chi connectivity index (χ4v) is 4.09. The highest BCUT2D eigenvalue weighted by Crippen LogP contribution is 2.40. The van der Waals surface area contributed by atoms with Gasteiger partial charge in [0.25, 0.3) is 0 Å². The molecule has 128 valence electrons. The van der Waals surface area contributed by atoms with Crippen molar-refractivity contribution < 1.29 is 4.79 Å². The Hall–Kier alpha value is -3.02. The minimum atomic E-state index is -0.910. The van der Waals surface area contributed by atoms with Gasteiger partial charge < -0.3 is 5.32 Å². The standard InChI is InChI=1S/C21H17N3OS/c1-14-7-5-6-10-16(14)19-17(11-22)20(25)24-21(18(19)12-23)26-13-15-8-3-2-4-9-15/h2-10,17,19H,13H2,1H3,(H,24,25)/t17-,19-/m1/s1. The quantitative estimate of drug-likeness (QED) is 0.894. The van der Waals surface area contributed by atoms with E-state index in [-0.39, 0.29) is 5.91 Å². The molecule has 2 aromatic rings. The number of hydrogen-bond donors (Lipinski definition) is 1. The van der Waals surface area contributed by atoms with Crippen molar-refractivity contribution in [3.63, 3.8) is 0 Å². The highest BCUT2D eigenvalue weighted by molar-refractivity contribution is 8.02. The SMILES string of the molecule is Cc1ccccc1[C@H]1C(C#N)=C(SCc2ccccc2)NC(=O)[C@@H]1C#N. The maximum Gasteiger partial charge on any atom is 0.243 e. The number of amides is 1. The Balaban J connectivity index is 2.01. The number of carbonyl (C=O) groups excluding carboxylic acids is 1. The van der Waals surface area contributed by atoms with Crippen molar-refractivity contribution in [2.45, 2.75) is 18.6 Å². The molecule has 26 heavy (non-hydrogen) atoms. The molecule has 0 radical (unpaired) electrons. The highest BCUT2D eigenvalue weighted by Gasteiger charge is 2.39. The Bertz CT molecular complexity index is 938. The second-order valence-electron chi connectivity index (χ2n) is 6.06. The van der Waals surface area contributed by atoms with Gasteiger partial charge >= 0.3 is 0 Å². The minimum Gasteiger partial charge on any atom is -0.319 e. The molecule has 4 nitrogen and oxygen atoms in total. The van der Waals surface area contributed by atoms with Crippen LogP contribution in [0.4, 0.5) is 0 Å². The van der Waals surface area contributed by atoms with Crippen molar-refractivity contribution in [2.24, 2.45) is 5.92 Å². The van der Waals surface area contributed by atoms with Crippen LogP contribution in [0.25, 0.3) is 0 Å². The second kappa shape index (κ2) is 7.91. The van der Waals surface area contributed by atoms with Crippen LogP contribution in [0, 0.1) is 35.5 Å². The van der Waals surface area contributed by atoms with Crippen LogP contribution in [0.2, 0.25) is 0 Å². The molecular formula is C21H17N3OS. The minimum absolute atomic E-state index is 0.352. The van der Waals surface area contributed by atoms with Gasteiger partial charge in [0.2, 0.25) is 5.91 Å². The second-order valence-corrected chi connectivity index (χ2v) is 7.04. The van der Waals surface area contributed by atoms with Gasteiger partial charge in [0, 0.05) is 11.7 Å². The van der Waals surface area contributed by atoms with Gasteiger partial charge in [-0.15, -0.1) is 11.8 Å². The summed E-state index contributed by atoms with van der Waals surface area (Å²) in [5, 5.41) is 22.7. The monoisotopic (exact) mass is 359 g/mol. The smallest absolute Gasteiger partial charge is 0.243 e. The normalized spacial score (nSPS) is 19.4. The molecule has 1 N–H and O–H groups in total. The van der Waals surface area contributed by atoms with Gasteiger partial charge in [-0.05, 0) is 23.6 Å². The van der Waals surface area contributed by atoms with Crippen LogP contribution in [-0.4, -0.2) is 5.91 Å². The summed E-state index contributed by atoms with van der Waals surface area (Å²) in [5.74, 6) is -1.17. The summed E-state index contributed by atoms with van der Waals surface area (Å²) in [6.07, 6.45) is 0. The molecule has 5 heteroatoms. The third-order valence-corrected chi connectivity index (χ3v) is 5.51. The average Bonchev–Trinajstić information content (AvgIpc) is 2.67. The van der Waals surface area contributed by atoms with Crippen molar-refractivity contribution in [3.8, 4) is 12.1 Å². The summed E-state index contributed by atoms with van der Waals surface area (Å²) < 4.78 is 0. The van der Waals surface area contributed by atoms with Crippen molar-refractivity contribution in [3.05, 3.63) is 81.9 Å². The lowest BCUT2D eigenvalue weighted by Crippen LogP contribution is -2.39. The molecule has 0 aromatic heterocycles. The number of thioether (sulfide) groups is 1. The first-order chi connectivity index (χ1) is 12.7. The van der Waals surface area contributed by atoms with Gasteiger partial charge in [0.05, 0.1) is 22.7 Å². The average molecular weight is 359 g/mol. The van der Waals surface area contributed by atoms with Crippen LogP contribution in [0.15, 0.2) is 65.2 Å². The molecule has 0 fully saturated rings. The molecule has 3 rings (SSSR count). The van der Waals surface area contributed by atoms with Gasteiger partial charge in [-0.1, -0.05) is 54.6 Å². The molecule has 2 atom stereocenters. The number of hydrogen-bond acceptors (Lipinski definition) is 4. The third-order valence-electron chi connectivity index (χ3n) is 4.42. The van der Waals surface area contributed by atoms with Crippen LogP contribution in [0.1, 0.15) is 22.6 Å². The van der Waals surface area contributed by atoms with Crippen molar-refractivity contribution in [2.75, 3.05) is 0 Å². The van der Waals surface area contributed by atoms with E-state index in [1.54, 1.807) is 0 Å². The molecule has 1 amide bonds. The highest BCUT2D eigenvalue weighted by atomic mass is 32.2. The molecule has 0 spiro atoms. The summed E-state index contributed by atoms with van der Waals surface area (Å²) in [6.45, 7) is 1.93. The third kappa shape index (κ3) is 3.49. The predicted molar refractivity (Wildman–Crippen MR) is 102 cm³/mol. The molecule has 0 unspecified atom stereocenters. The van der Waals surface area contributed by atoms with Crippen LogP contribution in [0.5, 0.6) is 0 Å². The zero-order valence-electron chi connectivity index (χ0n) is 14.3. The van der Waals surface area contributed by atoms with E-state index in [1.165, 1.54) is 11.8 Å². The van der Waals surface area contributed by atoms with Crippen LogP contribution < -0.4 is 5.32 Å². The van der Waals surface area contributed by atoms with Gasteiger partial charge in [-0.3, -0.25) is 4.79 Å². The van der Waals surface area contributed by atoms with E-state index in [4.69, 9.17) is 0 Å². The predicted octanol–water partition coefficient (Wildman–Crippen LogP) is 4.02. The molecule has 0 saturated carbocycles. The lowest BCUT2D eigenvalue weighted by Gasteiger charge is -2.29. The number of rotatable bonds is 4. The number of allylic oxidation sites excluding steroid dienone is 1. The Morgan fingerprint density at radius 3 is 2.42 bits per heavy atom. The Morgan fingerprint density at radius 1 is 1.08 bits per heavy atom. The first-order valence-corrected chi connectivity index (χ1v) is 9.21. The molecule has 0 aliphatic carbocycles. The lowest BCUT2D eigenvalue weighted by molar-refractivity contribution is -0.123. The first kappa shape index (κ1) is 17.8. The molecule has 1 aliphatic rings. The number of nitrogens with zero attached hydrogens (tertiary/aromatic N) is 2. The summed E-state index contributed by atoms with van der Waals surface area (Å²) in [6, 6.07) is 21.8. The van der Waals surface area contributed by atoms with E-state index in [0.717, 1.165) is 16.7 Å². The maximum atomic E-state index is 12.5. The van der Waals surface area contributed by atoms with E-state index in [9.17, 15) is 15.3 Å². The van der Waals surface area contributed by atoms with Crippen molar-refractivity contribution >= 4 is 17.7 Å². The zero-order valence-corrected chi connectivity index (χ0v) is 15.1. The van der Waals surface area contributed by atoms with Gasteiger partial charge in [0.1, 0.15) is 5.92 Å². The first-order valence-electron chi connectivity index (χ1n) is 8.22. The molecule has 2 aromatic carbocycles. The summed E-state index contributed by atoms with van der Waals surface area (Å²) in [4.78, 5) is 12.5. The fourth-order valence-electron chi connectivity index (χ4n) is 3.08. The van der Waals surface area contributed by atoms with E-state index in [1.807, 2.05) is 61.5 Å². The van der Waals surface area contributed by atoms with E-state index in [0.29, 0.717) is 16.4 Å².